The molecule has 3 rings (SSSR count). The summed E-state index contributed by atoms with van der Waals surface area (Å²) in [6.07, 6.45) is 0.345. The van der Waals surface area contributed by atoms with Crippen LogP contribution in [0.4, 0.5) is 0 Å². The van der Waals surface area contributed by atoms with E-state index < -0.39 is 47.7 Å². The summed E-state index contributed by atoms with van der Waals surface area (Å²) in [6.45, 7) is 7.29. The second-order valence-electron chi connectivity index (χ2n) is 10.3. The molecule has 1 aliphatic heterocycles. The zero-order valence-electron chi connectivity index (χ0n) is 23.4. The van der Waals surface area contributed by atoms with E-state index >= 15 is 0 Å². The maximum absolute atomic E-state index is 13.5. The fraction of sp³-hybridized carbons (Fsp3) is 0.433. The fourth-order valence-corrected chi connectivity index (χ4v) is 4.57. The number of amides is 4. The monoisotopic (exact) mass is 550 g/mol. The number of hydrogen-bond acceptors (Lipinski definition) is 6. The Morgan fingerprint density at radius 2 is 1.45 bits per heavy atom. The van der Waals surface area contributed by atoms with Gasteiger partial charge < -0.3 is 20.8 Å². The van der Waals surface area contributed by atoms with Crippen LogP contribution >= 0.6 is 0 Å². The van der Waals surface area contributed by atoms with Crippen LogP contribution in [0.2, 0.25) is 0 Å². The predicted octanol–water partition coefficient (Wildman–Crippen LogP) is 1.93. The molecule has 10 heteroatoms. The van der Waals surface area contributed by atoms with Gasteiger partial charge in [-0.15, -0.1) is 0 Å². The Bertz CT molecular complexity index is 1190. The summed E-state index contributed by atoms with van der Waals surface area (Å²) in [7, 11) is 0. The number of carbonyl (C=O) groups excluding carboxylic acids is 5. The fourth-order valence-electron chi connectivity index (χ4n) is 4.57. The zero-order chi connectivity index (χ0) is 29.2. The van der Waals surface area contributed by atoms with Gasteiger partial charge in [0.2, 0.25) is 17.7 Å². The molecule has 1 heterocycles. The molecule has 1 aliphatic rings. The number of likely N-dealkylation sites (N-methyl/N-ethyl adjacent to an activating group) is 1. The molecule has 0 aliphatic carbocycles. The van der Waals surface area contributed by atoms with Gasteiger partial charge in [0.15, 0.2) is 6.04 Å². The van der Waals surface area contributed by atoms with Crippen molar-refractivity contribution in [1.82, 2.24) is 21.0 Å². The van der Waals surface area contributed by atoms with Gasteiger partial charge in [-0.3, -0.25) is 19.2 Å². The first-order valence-electron chi connectivity index (χ1n) is 13.6. The van der Waals surface area contributed by atoms with Crippen molar-refractivity contribution in [3.63, 3.8) is 0 Å². The van der Waals surface area contributed by atoms with Crippen LogP contribution in [-0.2, 0) is 41.7 Å². The lowest BCUT2D eigenvalue weighted by Gasteiger charge is -2.37. The highest BCUT2D eigenvalue weighted by Gasteiger charge is 2.44. The highest BCUT2D eigenvalue weighted by atomic mass is 16.7. The number of nitrogens with zero attached hydrogens (tertiary/aromatic N) is 1. The van der Waals surface area contributed by atoms with Crippen LogP contribution in [0.5, 0.6) is 0 Å². The molecular formula is C30H38N4O6. The molecule has 0 radical (unpaired) electrons. The van der Waals surface area contributed by atoms with E-state index in [0.717, 1.165) is 16.2 Å². The zero-order valence-corrected chi connectivity index (χ0v) is 23.4. The smallest absolute Gasteiger partial charge is 0.335 e. The number of hydrogen-bond donors (Lipinski definition) is 3. The summed E-state index contributed by atoms with van der Waals surface area (Å²) in [6, 6.07) is 15.4. The van der Waals surface area contributed by atoms with Crippen molar-refractivity contribution in [1.29, 1.82) is 0 Å². The normalized spacial score (nSPS) is 17.4. The van der Waals surface area contributed by atoms with E-state index in [1.807, 2.05) is 60.7 Å². The first-order valence-corrected chi connectivity index (χ1v) is 13.6. The number of nitrogens with one attached hydrogen (secondary N) is 3. The molecular weight excluding hydrogens is 512 g/mol. The SMILES string of the molecule is CCNC(=O)C(Cc1ccccc1)NC(=O)C(C(C)C)N1OC(=O)CC(NC(=O)C(C)Cc2ccccc2)C1=O. The van der Waals surface area contributed by atoms with Crippen molar-refractivity contribution in [3.05, 3.63) is 71.8 Å². The van der Waals surface area contributed by atoms with Crippen molar-refractivity contribution >= 4 is 29.6 Å². The lowest BCUT2D eigenvalue weighted by molar-refractivity contribution is -0.221. The predicted molar refractivity (Wildman–Crippen MR) is 148 cm³/mol. The van der Waals surface area contributed by atoms with Crippen LogP contribution in [0.1, 0.15) is 45.2 Å². The third-order valence-corrected chi connectivity index (χ3v) is 6.65. The molecule has 4 atom stereocenters. The molecule has 4 unspecified atom stereocenters. The number of carbonyl (C=O) groups is 5. The summed E-state index contributed by atoms with van der Waals surface area (Å²) < 4.78 is 0. The average molecular weight is 551 g/mol. The van der Waals surface area contributed by atoms with E-state index in [4.69, 9.17) is 4.84 Å². The lowest BCUT2D eigenvalue weighted by atomic mass is 9.98. The molecule has 0 spiro atoms. The summed E-state index contributed by atoms with van der Waals surface area (Å²) in [4.78, 5) is 70.4. The van der Waals surface area contributed by atoms with Crippen LogP contribution in [0.3, 0.4) is 0 Å². The molecule has 2 aromatic rings. The number of hydroxylamine groups is 2. The minimum Gasteiger partial charge on any atom is -0.355 e. The summed E-state index contributed by atoms with van der Waals surface area (Å²) in [5.74, 6) is -3.79. The summed E-state index contributed by atoms with van der Waals surface area (Å²) in [5.41, 5.74) is 1.81. The van der Waals surface area contributed by atoms with Gasteiger partial charge in [-0.1, -0.05) is 81.4 Å². The minimum absolute atomic E-state index is 0.231. The molecule has 214 valence electrons. The Hall–Kier alpha value is -4.21. The lowest BCUT2D eigenvalue weighted by Crippen LogP contribution is -2.63. The van der Waals surface area contributed by atoms with Crippen LogP contribution < -0.4 is 16.0 Å². The molecule has 10 nitrogen and oxygen atoms in total. The van der Waals surface area contributed by atoms with E-state index in [9.17, 15) is 24.0 Å². The maximum Gasteiger partial charge on any atom is 0.335 e. The van der Waals surface area contributed by atoms with Gasteiger partial charge in [0.25, 0.3) is 5.91 Å². The van der Waals surface area contributed by atoms with Gasteiger partial charge >= 0.3 is 5.97 Å². The number of rotatable bonds is 12. The van der Waals surface area contributed by atoms with Gasteiger partial charge in [-0.25, -0.2) is 4.79 Å². The van der Waals surface area contributed by atoms with Crippen LogP contribution in [0.25, 0.3) is 0 Å². The molecule has 40 heavy (non-hydrogen) atoms. The Balaban J connectivity index is 1.74. The molecule has 1 saturated heterocycles. The molecule has 0 aromatic heterocycles. The van der Waals surface area contributed by atoms with Gasteiger partial charge in [-0.05, 0) is 30.4 Å². The van der Waals surface area contributed by atoms with Gasteiger partial charge in [0.1, 0.15) is 12.1 Å². The second kappa shape index (κ2) is 14.3. The highest BCUT2D eigenvalue weighted by molar-refractivity contribution is 5.97. The van der Waals surface area contributed by atoms with E-state index in [1.165, 1.54) is 0 Å². The van der Waals surface area contributed by atoms with E-state index in [1.54, 1.807) is 27.7 Å². The van der Waals surface area contributed by atoms with Crippen molar-refractivity contribution in [2.24, 2.45) is 11.8 Å². The molecule has 4 amide bonds. The standard InChI is InChI=1S/C30H38N4O6/c1-5-31-28(37)23(17-22-14-10-7-11-15-22)32-29(38)26(19(2)3)34-30(39)24(18-25(35)40-34)33-27(36)20(4)16-21-12-8-6-9-13-21/h6-15,19-20,23-24,26H,5,16-18H2,1-4H3,(H,31,37)(H,32,38)(H,33,36). The Labute approximate surface area is 234 Å². The third-order valence-electron chi connectivity index (χ3n) is 6.65. The Morgan fingerprint density at radius 1 is 0.875 bits per heavy atom. The third kappa shape index (κ3) is 8.14. The van der Waals surface area contributed by atoms with E-state index in [0.29, 0.717) is 13.0 Å². The summed E-state index contributed by atoms with van der Waals surface area (Å²) >= 11 is 0. The van der Waals surface area contributed by atoms with Gasteiger partial charge in [0.05, 0.1) is 6.42 Å². The van der Waals surface area contributed by atoms with Crippen LogP contribution in [-0.4, -0.2) is 59.3 Å². The Kier molecular flexibility index (Phi) is 10.8. The molecule has 1 fully saturated rings. The van der Waals surface area contributed by atoms with Crippen molar-refractivity contribution in [3.8, 4) is 0 Å². The first kappa shape index (κ1) is 30.3. The largest absolute Gasteiger partial charge is 0.355 e. The molecule has 0 saturated carbocycles. The van der Waals surface area contributed by atoms with Gasteiger partial charge in [-0.2, -0.15) is 5.06 Å². The van der Waals surface area contributed by atoms with Gasteiger partial charge in [0, 0.05) is 18.9 Å². The van der Waals surface area contributed by atoms with E-state index in [-0.39, 0.29) is 24.7 Å². The van der Waals surface area contributed by atoms with Crippen LogP contribution in [0, 0.1) is 11.8 Å². The quantitative estimate of drug-likeness (QED) is 0.370. The summed E-state index contributed by atoms with van der Waals surface area (Å²) in [5, 5.41) is 8.88. The van der Waals surface area contributed by atoms with Crippen LogP contribution in [0.15, 0.2) is 60.7 Å². The first-order chi connectivity index (χ1) is 19.1. The second-order valence-corrected chi connectivity index (χ2v) is 10.3. The average Bonchev–Trinajstić information content (AvgIpc) is 2.92. The van der Waals surface area contributed by atoms with Crippen molar-refractivity contribution in [2.75, 3.05) is 6.54 Å². The number of benzene rings is 2. The molecule has 0 bridgehead atoms. The minimum atomic E-state index is -1.22. The molecule has 3 N–H and O–H groups in total. The van der Waals surface area contributed by atoms with Crippen molar-refractivity contribution < 1.29 is 28.8 Å². The Morgan fingerprint density at radius 3 is 2.00 bits per heavy atom. The van der Waals surface area contributed by atoms with E-state index in [2.05, 4.69) is 16.0 Å². The molecule has 2 aromatic carbocycles. The maximum atomic E-state index is 13.5. The van der Waals surface area contributed by atoms with Crippen molar-refractivity contribution in [2.45, 2.75) is 65.1 Å². The topological polar surface area (TPSA) is 134 Å². The highest BCUT2D eigenvalue weighted by Crippen LogP contribution is 2.21.